The van der Waals surface area contributed by atoms with Crippen molar-refractivity contribution in [3.05, 3.63) is 73.6 Å². The quantitative estimate of drug-likeness (QED) is 0.130. The van der Waals surface area contributed by atoms with Gasteiger partial charge in [-0.2, -0.15) is 5.10 Å². The number of hydrogen-bond donors (Lipinski definition) is 1. The number of nitrogens with one attached hydrogen (secondary N) is 1. The van der Waals surface area contributed by atoms with Crippen molar-refractivity contribution in [1.29, 1.82) is 0 Å². The van der Waals surface area contributed by atoms with E-state index in [9.17, 15) is 9.59 Å². The molecule has 9 nitrogen and oxygen atoms in total. The number of ether oxygens (including phenoxy) is 5. The Hall–Kier alpha value is -3.28. The van der Waals surface area contributed by atoms with Crippen LogP contribution in [0.3, 0.4) is 0 Å². The molecule has 0 saturated carbocycles. The first-order valence-corrected chi connectivity index (χ1v) is 12.4. The Labute approximate surface area is 234 Å². The maximum absolute atomic E-state index is 13.0. The number of amides is 1. The predicted molar refractivity (Wildman–Crippen MR) is 146 cm³/mol. The Morgan fingerprint density at radius 3 is 2.30 bits per heavy atom. The van der Waals surface area contributed by atoms with Crippen LogP contribution in [0.1, 0.15) is 15.9 Å². The first kappa shape index (κ1) is 28.3. The van der Waals surface area contributed by atoms with Crippen LogP contribution in [-0.2, 0) is 4.79 Å². The van der Waals surface area contributed by atoms with Crippen LogP contribution < -0.4 is 29.1 Å². The maximum Gasteiger partial charge on any atom is 0.343 e. The van der Waals surface area contributed by atoms with E-state index in [0.29, 0.717) is 42.5 Å². The predicted octanol–water partition coefficient (Wildman–Crippen LogP) is 5.64. The number of carbonyl (C=O) groups excluding carboxylic acids is 2. The van der Waals surface area contributed by atoms with Gasteiger partial charge in [0, 0.05) is 15.1 Å². The lowest BCUT2D eigenvalue weighted by Crippen LogP contribution is -2.24. The summed E-state index contributed by atoms with van der Waals surface area (Å²) >= 11 is 12.7. The van der Waals surface area contributed by atoms with Crippen LogP contribution in [0.4, 0.5) is 0 Å². The van der Waals surface area contributed by atoms with Crippen molar-refractivity contribution in [3.8, 4) is 28.7 Å². The van der Waals surface area contributed by atoms with E-state index in [2.05, 4.69) is 42.4 Å². The number of methoxy groups -OCH3 is 3. The maximum atomic E-state index is 13.0. The molecule has 0 bridgehead atoms. The van der Waals surface area contributed by atoms with Crippen molar-refractivity contribution in [2.24, 2.45) is 5.10 Å². The number of benzene rings is 3. The summed E-state index contributed by atoms with van der Waals surface area (Å²) in [6.07, 6.45) is 1.34. The molecule has 0 aliphatic heterocycles. The fraction of sp³-hybridized carbons (Fsp3) is 0.160. The number of hydrazone groups is 1. The van der Waals surface area contributed by atoms with Gasteiger partial charge in [-0.05, 0) is 58.4 Å². The molecule has 0 aliphatic rings. The van der Waals surface area contributed by atoms with Crippen molar-refractivity contribution in [1.82, 2.24) is 5.43 Å². The lowest BCUT2D eigenvalue weighted by molar-refractivity contribution is -0.123. The standard InChI is InChI=1S/C25H21Br2ClN2O7/c1-33-20-8-14(9-21(34-2)24(20)35-3)25(32)37-23-15(7-16(26)10-19(23)27)12-29-30-22(31)13-36-18-6-4-5-17(28)11-18/h4-12H,13H2,1-3H3,(H,30,31). The molecule has 3 aromatic carbocycles. The average molecular weight is 657 g/mol. The van der Waals surface area contributed by atoms with Gasteiger partial charge in [-0.25, -0.2) is 10.2 Å². The molecule has 0 aromatic heterocycles. The smallest absolute Gasteiger partial charge is 0.343 e. The van der Waals surface area contributed by atoms with Gasteiger partial charge in [0.2, 0.25) is 5.75 Å². The van der Waals surface area contributed by atoms with Gasteiger partial charge in [-0.1, -0.05) is 33.6 Å². The highest BCUT2D eigenvalue weighted by atomic mass is 79.9. The zero-order valence-corrected chi connectivity index (χ0v) is 23.8. The largest absolute Gasteiger partial charge is 0.493 e. The van der Waals surface area contributed by atoms with Gasteiger partial charge >= 0.3 is 5.97 Å². The van der Waals surface area contributed by atoms with Gasteiger partial charge < -0.3 is 23.7 Å². The lowest BCUT2D eigenvalue weighted by atomic mass is 10.1. The number of nitrogens with zero attached hydrogens (tertiary/aromatic N) is 1. The van der Waals surface area contributed by atoms with Crippen molar-refractivity contribution >= 4 is 61.6 Å². The number of hydrogen-bond acceptors (Lipinski definition) is 8. The molecule has 0 atom stereocenters. The van der Waals surface area contributed by atoms with Crippen LogP contribution in [0.5, 0.6) is 28.7 Å². The fourth-order valence-electron chi connectivity index (χ4n) is 3.05. The Bertz CT molecular complexity index is 1310. The average Bonchev–Trinajstić information content (AvgIpc) is 2.88. The summed E-state index contributed by atoms with van der Waals surface area (Å²) in [5.41, 5.74) is 2.93. The molecule has 0 spiro atoms. The molecule has 0 radical (unpaired) electrons. The third-order valence-electron chi connectivity index (χ3n) is 4.69. The number of esters is 1. The molecular weight excluding hydrogens is 636 g/mol. The third kappa shape index (κ3) is 7.61. The number of rotatable bonds is 10. The zero-order valence-electron chi connectivity index (χ0n) is 19.8. The van der Waals surface area contributed by atoms with Crippen LogP contribution in [0, 0.1) is 0 Å². The molecule has 0 saturated heterocycles. The molecule has 3 rings (SSSR count). The van der Waals surface area contributed by atoms with Crippen LogP contribution in [-0.4, -0.2) is 46.0 Å². The molecule has 0 unspecified atom stereocenters. The topological polar surface area (TPSA) is 105 Å². The molecule has 0 heterocycles. The minimum absolute atomic E-state index is 0.165. The Balaban J connectivity index is 1.76. The van der Waals surface area contributed by atoms with Crippen molar-refractivity contribution in [2.75, 3.05) is 27.9 Å². The van der Waals surface area contributed by atoms with Crippen LogP contribution in [0.2, 0.25) is 5.02 Å². The third-order valence-corrected chi connectivity index (χ3v) is 5.97. The van der Waals surface area contributed by atoms with Crippen molar-refractivity contribution < 1.29 is 33.3 Å². The second kappa shape index (κ2) is 13.3. The van der Waals surface area contributed by atoms with E-state index in [-0.39, 0.29) is 17.9 Å². The van der Waals surface area contributed by atoms with Gasteiger partial charge in [0.1, 0.15) is 5.75 Å². The van der Waals surface area contributed by atoms with Gasteiger partial charge in [0.25, 0.3) is 5.91 Å². The molecule has 1 amide bonds. The Morgan fingerprint density at radius 1 is 0.973 bits per heavy atom. The summed E-state index contributed by atoms with van der Waals surface area (Å²) in [6.45, 7) is -0.275. The second-order valence-corrected chi connectivity index (χ2v) is 9.36. The molecule has 12 heteroatoms. The first-order chi connectivity index (χ1) is 17.7. The minimum atomic E-state index is -0.684. The highest BCUT2D eigenvalue weighted by Crippen LogP contribution is 2.39. The van der Waals surface area contributed by atoms with Crippen molar-refractivity contribution in [2.45, 2.75) is 0 Å². The van der Waals surface area contributed by atoms with Crippen LogP contribution in [0.15, 0.2) is 62.6 Å². The molecular formula is C25H21Br2ClN2O7. The summed E-state index contributed by atoms with van der Waals surface area (Å²) in [5, 5.41) is 4.44. The van der Waals surface area contributed by atoms with E-state index >= 15 is 0 Å². The fourth-order valence-corrected chi connectivity index (χ4v) is 4.57. The highest BCUT2D eigenvalue weighted by molar-refractivity contribution is 9.11. The first-order valence-electron chi connectivity index (χ1n) is 10.5. The summed E-state index contributed by atoms with van der Waals surface area (Å²) in [7, 11) is 4.35. The number of halogens is 3. The Morgan fingerprint density at radius 2 is 1.68 bits per heavy atom. The molecule has 0 aliphatic carbocycles. The van der Waals surface area contributed by atoms with Gasteiger partial charge in [0.15, 0.2) is 23.9 Å². The van der Waals surface area contributed by atoms with Crippen LogP contribution in [0.25, 0.3) is 0 Å². The molecule has 194 valence electrons. The molecule has 1 N–H and O–H groups in total. The van der Waals surface area contributed by atoms with Crippen LogP contribution >= 0.6 is 43.5 Å². The second-order valence-electron chi connectivity index (χ2n) is 7.15. The normalized spacial score (nSPS) is 10.6. The Kier molecular flexibility index (Phi) is 10.2. The molecule has 37 heavy (non-hydrogen) atoms. The van der Waals surface area contributed by atoms with E-state index in [1.807, 2.05) is 0 Å². The monoisotopic (exact) mass is 654 g/mol. The van der Waals surface area contributed by atoms with E-state index in [1.54, 1.807) is 36.4 Å². The van der Waals surface area contributed by atoms with E-state index < -0.39 is 11.9 Å². The minimum Gasteiger partial charge on any atom is -0.493 e. The molecule has 0 fully saturated rings. The summed E-state index contributed by atoms with van der Waals surface area (Å²) in [6, 6.07) is 13.0. The summed E-state index contributed by atoms with van der Waals surface area (Å²) in [4.78, 5) is 25.1. The summed E-state index contributed by atoms with van der Waals surface area (Å²) in [5.74, 6) is 0.381. The van der Waals surface area contributed by atoms with Gasteiger partial charge in [-0.3, -0.25) is 4.79 Å². The van der Waals surface area contributed by atoms with Crippen molar-refractivity contribution in [3.63, 3.8) is 0 Å². The molecule has 3 aromatic rings. The van der Waals surface area contributed by atoms with E-state index in [0.717, 1.165) is 0 Å². The van der Waals surface area contributed by atoms with Gasteiger partial charge in [0.05, 0.1) is 37.6 Å². The lowest BCUT2D eigenvalue weighted by Gasteiger charge is -2.15. The highest BCUT2D eigenvalue weighted by Gasteiger charge is 2.20. The van der Waals surface area contributed by atoms with E-state index in [1.165, 1.54) is 39.7 Å². The SMILES string of the molecule is COc1cc(C(=O)Oc2c(Br)cc(Br)cc2C=NNC(=O)COc2cccc(Cl)c2)cc(OC)c1OC. The van der Waals surface area contributed by atoms with E-state index in [4.69, 9.17) is 35.3 Å². The number of carbonyl (C=O) groups is 2. The zero-order chi connectivity index (χ0) is 26.9. The van der Waals surface area contributed by atoms with Gasteiger partial charge in [-0.15, -0.1) is 0 Å². The summed E-state index contributed by atoms with van der Waals surface area (Å²) < 4.78 is 28.1.